The molecule has 1 aliphatic carbocycles. The summed E-state index contributed by atoms with van der Waals surface area (Å²) in [6, 6.07) is 5.67. The summed E-state index contributed by atoms with van der Waals surface area (Å²) in [4.78, 5) is 4.19. The van der Waals surface area contributed by atoms with Crippen LogP contribution in [-0.4, -0.2) is 11.5 Å². The monoisotopic (exact) mass is 191 g/mol. The molecule has 0 aliphatic heterocycles. The van der Waals surface area contributed by atoms with Crippen LogP contribution in [0.5, 0.6) is 0 Å². The SMILES string of the molecule is CC1(C)CC1CNc1cccc(N)n1. The lowest BCUT2D eigenvalue weighted by atomic mass is 10.1. The summed E-state index contributed by atoms with van der Waals surface area (Å²) in [6.07, 6.45) is 1.31. The maximum Gasteiger partial charge on any atom is 0.128 e. The Bertz CT molecular complexity index is 333. The van der Waals surface area contributed by atoms with Crippen molar-refractivity contribution in [3.05, 3.63) is 18.2 Å². The predicted octanol–water partition coefficient (Wildman–Crippen LogP) is 2.12. The summed E-state index contributed by atoms with van der Waals surface area (Å²) in [6.45, 7) is 5.60. The lowest BCUT2D eigenvalue weighted by molar-refractivity contribution is 0.573. The second-order valence-corrected chi connectivity index (χ2v) is 4.72. The highest BCUT2D eigenvalue weighted by Gasteiger charge is 2.44. The van der Waals surface area contributed by atoms with Crippen LogP contribution in [0.15, 0.2) is 18.2 Å². The van der Waals surface area contributed by atoms with Crippen molar-refractivity contribution in [1.82, 2.24) is 4.98 Å². The zero-order chi connectivity index (χ0) is 10.2. The summed E-state index contributed by atoms with van der Waals surface area (Å²) in [5.41, 5.74) is 6.10. The quantitative estimate of drug-likeness (QED) is 0.769. The van der Waals surface area contributed by atoms with E-state index >= 15 is 0 Å². The number of anilines is 2. The average Bonchev–Trinajstić information content (AvgIpc) is 2.71. The molecule has 0 bridgehead atoms. The zero-order valence-corrected chi connectivity index (χ0v) is 8.75. The van der Waals surface area contributed by atoms with Crippen LogP contribution in [0.1, 0.15) is 20.3 Å². The molecule has 1 unspecified atom stereocenters. The minimum atomic E-state index is 0.521. The summed E-state index contributed by atoms with van der Waals surface area (Å²) < 4.78 is 0. The molecule has 1 saturated carbocycles. The van der Waals surface area contributed by atoms with Gasteiger partial charge in [0.15, 0.2) is 0 Å². The van der Waals surface area contributed by atoms with Gasteiger partial charge in [-0.3, -0.25) is 0 Å². The van der Waals surface area contributed by atoms with Crippen LogP contribution in [0, 0.1) is 11.3 Å². The molecule has 1 aromatic heterocycles. The molecule has 0 radical (unpaired) electrons. The van der Waals surface area contributed by atoms with E-state index in [-0.39, 0.29) is 0 Å². The van der Waals surface area contributed by atoms with Crippen molar-refractivity contribution in [3.8, 4) is 0 Å². The molecular formula is C11H17N3. The number of rotatable bonds is 3. The first-order valence-electron chi connectivity index (χ1n) is 5.04. The van der Waals surface area contributed by atoms with Gasteiger partial charge in [-0.15, -0.1) is 0 Å². The lowest BCUT2D eigenvalue weighted by Gasteiger charge is -2.06. The fourth-order valence-electron chi connectivity index (χ4n) is 1.70. The van der Waals surface area contributed by atoms with Crippen molar-refractivity contribution >= 4 is 11.6 Å². The third kappa shape index (κ3) is 1.97. The van der Waals surface area contributed by atoms with Crippen LogP contribution in [0.4, 0.5) is 11.6 Å². The average molecular weight is 191 g/mol. The Morgan fingerprint density at radius 1 is 1.57 bits per heavy atom. The fraction of sp³-hybridized carbons (Fsp3) is 0.545. The normalized spacial score (nSPS) is 23.1. The molecule has 1 fully saturated rings. The third-order valence-electron chi connectivity index (χ3n) is 3.02. The molecule has 0 saturated heterocycles. The Morgan fingerprint density at radius 2 is 2.29 bits per heavy atom. The lowest BCUT2D eigenvalue weighted by Crippen LogP contribution is -2.08. The Balaban J connectivity index is 1.87. The Kier molecular flexibility index (Phi) is 2.10. The van der Waals surface area contributed by atoms with E-state index in [1.54, 1.807) is 6.07 Å². The molecule has 3 heteroatoms. The molecule has 1 atom stereocenters. The van der Waals surface area contributed by atoms with E-state index in [2.05, 4.69) is 24.1 Å². The molecule has 0 spiro atoms. The largest absolute Gasteiger partial charge is 0.384 e. The van der Waals surface area contributed by atoms with Crippen LogP contribution >= 0.6 is 0 Å². The van der Waals surface area contributed by atoms with Crippen molar-refractivity contribution in [3.63, 3.8) is 0 Å². The van der Waals surface area contributed by atoms with Crippen molar-refractivity contribution in [2.24, 2.45) is 11.3 Å². The highest BCUT2D eigenvalue weighted by molar-refractivity contribution is 5.42. The van der Waals surface area contributed by atoms with Crippen molar-refractivity contribution in [2.45, 2.75) is 20.3 Å². The van der Waals surface area contributed by atoms with Gasteiger partial charge < -0.3 is 11.1 Å². The van der Waals surface area contributed by atoms with E-state index in [0.717, 1.165) is 18.3 Å². The first kappa shape index (κ1) is 9.31. The summed E-state index contributed by atoms with van der Waals surface area (Å²) in [5.74, 6) is 2.24. The van der Waals surface area contributed by atoms with Gasteiger partial charge in [-0.25, -0.2) is 4.98 Å². The highest BCUT2D eigenvalue weighted by Crippen LogP contribution is 2.51. The van der Waals surface area contributed by atoms with Crippen LogP contribution in [-0.2, 0) is 0 Å². The van der Waals surface area contributed by atoms with E-state index in [0.29, 0.717) is 11.2 Å². The van der Waals surface area contributed by atoms with Gasteiger partial charge in [0.05, 0.1) is 0 Å². The van der Waals surface area contributed by atoms with Gasteiger partial charge in [-0.2, -0.15) is 0 Å². The summed E-state index contributed by atoms with van der Waals surface area (Å²) in [5, 5.41) is 3.31. The van der Waals surface area contributed by atoms with Gasteiger partial charge in [0.1, 0.15) is 11.6 Å². The van der Waals surface area contributed by atoms with Gasteiger partial charge >= 0.3 is 0 Å². The number of nitrogen functional groups attached to an aromatic ring is 1. The van der Waals surface area contributed by atoms with Crippen LogP contribution in [0.3, 0.4) is 0 Å². The number of aromatic nitrogens is 1. The van der Waals surface area contributed by atoms with Crippen molar-refractivity contribution in [1.29, 1.82) is 0 Å². The minimum Gasteiger partial charge on any atom is -0.384 e. The molecule has 3 nitrogen and oxygen atoms in total. The van der Waals surface area contributed by atoms with Crippen LogP contribution in [0.2, 0.25) is 0 Å². The smallest absolute Gasteiger partial charge is 0.128 e. The number of hydrogen-bond donors (Lipinski definition) is 2. The standard InChI is InChI=1S/C11H17N3/c1-11(2)6-8(11)7-13-10-5-3-4-9(12)14-10/h3-5,8H,6-7H2,1-2H3,(H3,12,13,14). The minimum absolute atomic E-state index is 0.521. The first-order chi connectivity index (χ1) is 6.58. The Labute approximate surface area is 84.7 Å². The molecule has 76 valence electrons. The number of hydrogen-bond acceptors (Lipinski definition) is 3. The molecule has 14 heavy (non-hydrogen) atoms. The van der Waals surface area contributed by atoms with E-state index in [1.165, 1.54) is 6.42 Å². The van der Waals surface area contributed by atoms with Gasteiger partial charge in [-0.1, -0.05) is 19.9 Å². The van der Waals surface area contributed by atoms with Crippen molar-refractivity contribution in [2.75, 3.05) is 17.6 Å². The van der Waals surface area contributed by atoms with E-state index in [1.807, 2.05) is 12.1 Å². The predicted molar refractivity (Wildman–Crippen MR) is 59.0 cm³/mol. The number of nitrogens with two attached hydrogens (primary N) is 1. The summed E-state index contributed by atoms with van der Waals surface area (Å²) >= 11 is 0. The second kappa shape index (κ2) is 3.15. The van der Waals surface area contributed by atoms with Gasteiger partial charge in [0, 0.05) is 6.54 Å². The van der Waals surface area contributed by atoms with E-state index in [9.17, 15) is 0 Å². The molecule has 0 amide bonds. The Morgan fingerprint density at radius 3 is 2.86 bits per heavy atom. The van der Waals surface area contributed by atoms with Gasteiger partial charge in [0.2, 0.25) is 0 Å². The Hall–Kier alpha value is -1.25. The van der Waals surface area contributed by atoms with Crippen LogP contribution < -0.4 is 11.1 Å². The topological polar surface area (TPSA) is 50.9 Å². The molecule has 1 aliphatic rings. The van der Waals surface area contributed by atoms with Crippen molar-refractivity contribution < 1.29 is 0 Å². The zero-order valence-electron chi connectivity index (χ0n) is 8.75. The number of nitrogens with zero attached hydrogens (tertiary/aromatic N) is 1. The maximum atomic E-state index is 5.58. The molecule has 1 aromatic rings. The number of nitrogens with one attached hydrogen (secondary N) is 1. The molecular weight excluding hydrogens is 174 g/mol. The molecule has 0 aromatic carbocycles. The first-order valence-corrected chi connectivity index (χ1v) is 5.04. The molecule has 2 rings (SSSR count). The second-order valence-electron chi connectivity index (χ2n) is 4.72. The van der Waals surface area contributed by atoms with Crippen LogP contribution in [0.25, 0.3) is 0 Å². The fourth-order valence-corrected chi connectivity index (χ4v) is 1.70. The third-order valence-corrected chi connectivity index (χ3v) is 3.02. The highest BCUT2D eigenvalue weighted by atomic mass is 15.0. The number of pyridine rings is 1. The molecule has 1 heterocycles. The van der Waals surface area contributed by atoms with E-state index < -0.39 is 0 Å². The van der Waals surface area contributed by atoms with Gasteiger partial charge in [-0.05, 0) is 29.9 Å². The molecule has 3 N–H and O–H groups in total. The summed E-state index contributed by atoms with van der Waals surface area (Å²) in [7, 11) is 0. The maximum absolute atomic E-state index is 5.58. The van der Waals surface area contributed by atoms with E-state index in [4.69, 9.17) is 5.73 Å². The van der Waals surface area contributed by atoms with Gasteiger partial charge in [0.25, 0.3) is 0 Å².